The van der Waals surface area contributed by atoms with E-state index >= 15 is 0 Å². The molecule has 0 aliphatic carbocycles. The molecule has 0 spiro atoms. The van der Waals surface area contributed by atoms with E-state index in [9.17, 15) is 0 Å². The molecule has 1 heteroatoms. The SMILES string of the molecule is [c]1cccc(OCCCc2ccccc2)c1. The molecule has 0 saturated heterocycles. The predicted molar refractivity (Wildman–Crippen MR) is 65.5 cm³/mol. The third kappa shape index (κ3) is 3.43. The van der Waals surface area contributed by atoms with Gasteiger partial charge >= 0.3 is 0 Å². The highest BCUT2D eigenvalue weighted by Crippen LogP contribution is 2.09. The largest absolute Gasteiger partial charge is 0.494 e. The first-order valence-corrected chi connectivity index (χ1v) is 5.58. The Morgan fingerprint density at radius 3 is 2.62 bits per heavy atom. The Morgan fingerprint density at radius 2 is 1.88 bits per heavy atom. The number of hydrogen-bond donors (Lipinski definition) is 0. The normalized spacial score (nSPS) is 10.0. The van der Waals surface area contributed by atoms with Crippen LogP contribution in [0.4, 0.5) is 0 Å². The Labute approximate surface area is 96.7 Å². The molecule has 81 valence electrons. The highest BCUT2D eigenvalue weighted by atomic mass is 16.5. The maximum Gasteiger partial charge on any atom is 0.119 e. The van der Waals surface area contributed by atoms with Crippen molar-refractivity contribution in [2.45, 2.75) is 12.8 Å². The van der Waals surface area contributed by atoms with Crippen molar-refractivity contribution < 1.29 is 4.74 Å². The van der Waals surface area contributed by atoms with Crippen molar-refractivity contribution in [3.8, 4) is 5.75 Å². The van der Waals surface area contributed by atoms with Crippen molar-refractivity contribution in [1.29, 1.82) is 0 Å². The first kappa shape index (κ1) is 10.7. The molecule has 2 aromatic rings. The summed E-state index contributed by atoms with van der Waals surface area (Å²) in [6, 6.07) is 21.1. The van der Waals surface area contributed by atoms with E-state index < -0.39 is 0 Å². The standard InChI is InChI=1S/C15H15O/c1-3-8-14(9-4-1)10-7-13-16-15-11-5-2-6-12-15/h1-5,8-9,11-12H,7,10,13H2. The van der Waals surface area contributed by atoms with Gasteiger partial charge in [-0.3, -0.25) is 0 Å². The van der Waals surface area contributed by atoms with Crippen LogP contribution < -0.4 is 4.74 Å². The van der Waals surface area contributed by atoms with Crippen LogP contribution in [0.2, 0.25) is 0 Å². The van der Waals surface area contributed by atoms with Crippen molar-refractivity contribution in [2.24, 2.45) is 0 Å². The molecule has 0 bridgehead atoms. The second-order valence-electron chi connectivity index (χ2n) is 3.68. The minimum absolute atomic E-state index is 0.757. The summed E-state index contributed by atoms with van der Waals surface area (Å²) in [6.07, 6.45) is 2.11. The van der Waals surface area contributed by atoms with E-state index in [1.165, 1.54) is 5.56 Å². The fourth-order valence-electron chi connectivity index (χ4n) is 1.58. The summed E-state index contributed by atoms with van der Waals surface area (Å²) in [4.78, 5) is 0. The van der Waals surface area contributed by atoms with Gasteiger partial charge in [0, 0.05) is 0 Å². The van der Waals surface area contributed by atoms with Gasteiger partial charge in [0.1, 0.15) is 5.75 Å². The van der Waals surface area contributed by atoms with E-state index in [1.54, 1.807) is 0 Å². The third-order valence-electron chi connectivity index (χ3n) is 2.40. The molecule has 0 atom stereocenters. The third-order valence-corrected chi connectivity index (χ3v) is 2.40. The van der Waals surface area contributed by atoms with E-state index in [4.69, 9.17) is 4.74 Å². The molecule has 0 aromatic heterocycles. The molecule has 2 rings (SSSR count). The molecule has 0 saturated carbocycles. The monoisotopic (exact) mass is 211 g/mol. The molecule has 0 aliphatic rings. The first-order chi connectivity index (χ1) is 7.95. The van der Waals surface area contributed by atoms with Crippen LogP contribution in [0, 0.1) is 6.07 Å². The van der Waals surface area contributed by atoms with Crippen LogP contribution in [0.3, 0.4) is 0 Å². The summed E-state index contributed by atoms with van der Waals surface area (Å²) in [5, 5.41) is 0. The van der Waals surface area contributed by atoms with Crippen LogP contribution >= 0.6 is 0 Å². The number of benzene rings is 2. The lowest BCUT2D eigenvalue weighted by molar-refractivity contribution is 0.311. The molecule has 0 amide bonds. The zero-order chi connectivity index (χ0) is 11.1. The molecular weight excluding hydrogens is 196 g/mol. The zero-order valence-electron chi connectivity index (χ0n) is 9.23. The molecular formula is C15H15O. The quantitative estimate of drug-likeness (QED) is 0.688. The minimum atomic E-state index is 0.757. The van der Waals surface area contributed by atoms with Crippen molar-refractivity contribution in [3.63, 3.8) is 0 Å². The molecule has 2 aromatic carbocycles. The Bertz CT molecular complexity index is 353. The molecule has 0 N–H and O–H groups in total. The fraction of sp³-hybridized carbons (Fsp3) is 0.200. The van der Waals surface area contributed by atoms with Crippen molar-refractivity contribution in [1.82, 2.24) is 0 Å². The van der Waals surface area contributed by atoms with Gasteiger partial charge in [-0.25, -0.2) is 0 Å². The molecule has 0 unspecified atom stereocenters. The average Bonchev–Trinajstić information content (AvgIpc) is 2.37. The maximum atomic E-state index is 5.60. The van der Waals surface area contributed by atoms with Gasteiger partial charge in [0.15, 0.2) is 0 Å². The topological polar surface area (TPSA) is 9.23 Å². The van der Waals surface area contributed by atoms with Crippen LogP contribution in [-0.2, 0) is 6.42 Å². The van der Waals surface area contributed by atoms with Gasteiger partial charge in [0.2, 0.25) is 0 Å². The Morgan fingerprint density at radius 1 is 1.00 bits per heavy atom. The second-order valence-corrected chi connectivity index (χ2v) is 3.68. The van der Waals surface area contributed by atoms with Crippen molar-refractivity contribution in [3.05, 3.63) is 66.2 Å². The van der Waals surface area contributed by atoms with Crippen molar-refractivity contribution in [2.75, 3.05) is 6.61 Å². The first-order valence-electron chi connectivity index (χ1n) is 5.58. The van der Waals surface area contributed by atoms with E-state index in [1.807, 2.05) is 30.3 Å². The Hall–Kier alpha value is -1.76. The minimum Gasteiger partial charge on any atom is -0.494 e. The summed E-state index contributed by atoms with van der Waals surface area (Å²) in [6.45, 7) is 0.757. The van der Waals surface area contributed by atoms with Gasteiger partial charge in [-0.05, 0) is 36.6 Å². The summed E-state index contributed by atoms with van der Waals surface area (Å²) >= 11 is 0. The summed E-state index contributed by atoms with van der Waals surface area (Å²) in [7, 11) is 0. The van der Waals surface area contributed by atoms with E-state index in [-0.39, 0.29) is 0 Å². The van der Waals surface area contributed by atoms with Gasteiger partial charge in [-0.1, -0.05) is 42.5 Å². The summed E-state index contributed by atoms with van der Waals surface area (Å²) in [5.74, 6) is 0.899. The lowest BCUT2D eigenvalue weighted by Gasteiger charge is -2.05. The van der Waals surface area contributed by atoms with E-state index in [0.717, 1.165) is 25.2 Å². The van der Waals surface area contributed by atoms with E-state index in [2.05, 4.69) is 30.3 Å². The predicted octanol–water partition coefficient (Wildman–Crippen LogP) is 3.50. The zero-order valence-corrected chi connectivity index (χ0v) is 9.23. The van der Waals surface area contributed by atoms with Crippen LogP contribution in [0.25, 0.3) is 0 Å². The van der Waals surface area contributed by atoms with Crippen LogP contribution in [-0.4, -0.2) is 6.61 Å². The number of rotatable bonds is 5. The second kappa shape index (κ2) is 5.96. The maximum absolute atomic E-state index is 5.60. The molecule has 0 aliphatic heterocycles. The highest BCUT2D eigenvalue weighted by molar-refractivity contribution is 5.20. The van der Waals surface area contributed by atoms with Crippen LogP contribution in [0.5, 0.6) is 5.75 Å². The van der Waals surface area contributed by atoms with Gasteiger partial charge < -0.3 is 4.74 Å². The Balaban J connectivity index is 1.70. The van der Waals surface area contributed by atoms with Gasteiger partial charge in [-0.15, -0.1) is 0 Å². The molecule has 1 radical (unpaired) electrons. The van der Waals surface area contributed by atoms with Crippen LogP contribution in [0.1, 0.15) is 12.0 Å². The highest BCUT2D eigenvalue weighted by Gasteiger charge is 1.93. The lowest BCUT2D eigenvalue weighted by atomic mass is 10.1. The van der Waals surface area contributed by atoms with Gasteiger partial charge in [0.25, 0.3) is 0 Å². The van der Waals surface area contributed by atoms with Crippen molar-refractivity contribution >= 4 is 0 Å². The smallest absolute Gasteiger partial charge is 0.119 e. The average molecular weight is 211 g/mol. The van der Waals surface area contributed by atoms with Gasteiger partial charge in [-0.2, -0.15) is 0 Å². The number of hydrogen-bond acceptors (Lipinski definition) is 1. The molecule has 0 fully saturated rings. The summed E-state index contributed by atoms with van der Waals surface area (Å²) in [5.41, 5.74) is 1.37. The molecule has 16 heavy (non-hydrogen) atoms. The summed E-state index contributed by atoms with van der Waals surface area (Å²) < 4.78 is 5.60. The fourth-order valence-corrected chi connectivity index (χ4v) is 1.58. The number of aryl methyl sites for hydroxylation is 1. The molecule has 0 heterocycles. The lowest BCUT2D eigenvalue weighted by Crippen LogP contribution is -1.99. The van der Waals surface area contributed by atoms with Crippen LogP contribution in [0.15, 0.2) is 54.6 Å². The Kier molecular flexibility index (Phi) is 4.00. The van der Waals surface area contributed by atoms with E-state index in [0.29, 0.717) is 0 Å². The van der Waals surface area contributed by atoms with Gasteiger partial charge in [0.05, 0.1) is 6.61 Å². The number of ether oxygens (including phenoxy) is 1. The molecule has 1 nitrogen and oxygen atoms in total.